The number of allylic oxidation sites excluding steroid dienone is 1. The summed E-state index contributed by atoms with van der Waals surface area (Å²) in [5, 5.41) is 4.08. The third-order valence-electron chi connectivity index (χ3n) is 5.19. The predicted molar refractivity (Wildman–Crippen MR) is 108 cm³/mol. The summed E-state index contributed by atoms with van der Waals surface area (Å²) in [6, 6.07) is 14.7. The standard InChI is InChI=1S/C22H21ClN2O2/c1-2-20(27)25-18-8-4-3-6-16(18)24-17-7-5-9-19(26)21(17)22(25)14-10-12-15(23)13-11-14/h3-4,6,8,10-13,22,24H,2,5,7,9H2,1H3. The minimum absolute atomic E-state index is 0.0173. The lowest BCUT2D eigenvalue weighted by Crippen LogP contribution is -2.37. The highest BCUT2D eigenvalue weighted by Gasteiger charge is 2.38. The van der Waals surface area contributed by atoms with Gasteiger partial charge in [-0.05, 0) is 42.7 Å². The van der Waals surface area contributed by atoms with Crippen LogP contribution < -0.4 is 10.2 Å². The highest BCUT2D eigenvalue weighted by Crippen LogP contribution is 2.45. The summed E-state index contributed by atoms with van der Waals surface area (Å²) < 4.78 is 0. The van der Waals surface area contributed by atoms with Gasteiger partial charge in [0.1, 0.15) is 0 Å². The van der Waals surface area contributed by atoms with Crippen molar-refractivity contribution in [3.05, 3.63) is 70.4 Å². The first kappa shape index (κ1) is 17.8. The van der Waals surface area contributed by atoms with Crippen molar-refractivity contribution in [2.45, 2.75) is 38.6 Å². The van der Waals surface area contributed by atoms with Crippen molar-refractivity contribution in [2.24, 2.45) is 0 Å². The number of amides is 1. The maximum Gasteiger partial charge on any atom is 0.227 e. The first-order valence-corrected chi connectivity index (χ1v) is 9.67. The molecule has 27 heavy (non-hydrogen) atoms. The van der Waals surface area contributed by atoms with Crippen molar-refractivity contribution in [2.75, 3.05) is 10.2 Å². The number of nitrogens with one attached hydrogen (secondary N) is 1. The number of anilines is 2. The molecule has 1 N–H and O–H groups in total. The molecule has 2 aromatic carbocycles. The van der Waals surface area contributed by atoms with Gasteiger partial charge in [0.05, 0.1) is 17.4 Å². The Morgan fingerprint density at radius 1 is 1.15 bits per heavy atom. The first-order chi connectivity index (χ1) is 13.1. The van der Waals surface area contributed by atoms with Crippen LogP contribution in [0, 0.1) is 0 Å². The molecule has 0 bridgehead atoms. The van der Waals surface area contributed by atoms with Crippen LogP contribution in [-0.4, -0.2) is 11.7 Å². The predicted octanol–water partition coefficient (Wildman–Crippen LogP) is 5.26. The Morgan fingerprint density at radius 3 is 2.63 bits per heavy atom. The van der Waals surface area contributed by atoms with Crippen LogP contribution in [0.3, 0.4) is 0 Å². The number of fused-ring (bicyclic) bond motifs is 1. The Morgan fingerprint density at radius 2 is 1.89 bits per heavy atom. The highest BCUT2D eigenvalue weighted by atomic mass is 35.5. The third-order valence-corrected chi connectivity index (χ3v) is 5.45. The minimum Gasteiger partial charge on any atom is -0.357 e. The second-order valence-corrected chi connectivity index (χ2v) is 7.32. The molecule has 138 valence electrons. The number of ketones is 1. The van der Waals surface area contributed by atoms with Gasteiger partial charge in [0.15, 0.2) is 5.78 Å². The van der Waals surface area contributed by atoms with Gasteiger partial charge >= 0.3 is 0 Å². The maximum atomic E-state index is 13.1. The summed E-state index contributed by atoms with van der Waals surface area (Å²) in [6.07, 6.45) is 2.49. The second kappa shape index (κ2) is 7.20. The van der Waals surface area contributed by atoms with Gasteiger partial charge in [0, 0.05) is 29.1 Å². The monoisotopic (exact) mass is 380 g/mol. The van der Waals surface area contributed by atoms with E-state index in [1.165, 1.54) is 0 Å². The highest BCUT2D eigenvalue weighted by molar-refractivity contribution is 6.30. The summed E-state index contributed by atoms with van der Waals surface area (Å²) >= 11 is 6.08. The lowest BCUT2D eigenvalue weighted by molar-refractivity contribution is -0.118. The van der Waals surface area contributed by atoms with Gasteiger partial charge in [-0.25, -0.2) is 0 Å². The molecule has 0 fully saturated rings. The molecule has 0 radical (unpaired) electrons. The SMILES string of the molecule is CCC(=O)N1c2ccccc2NC2=C(C(=O)CCC2)C1c1ccc(Cl)cc1. The van der Waals surface area contributed by atoms with Crippen molar-refractivity contribution in [3.63, 3.8) is 0 Å². The van der Waals surface area contributed by atoms with Crippen molar-refractivity contribution in [3.8, 4) is 0 Å². The number of hydrogen-bond donors (Lipinski definition) is 1. The van der Waals surface area contributed by atoms with Crippen LogP contribution in [0.15, 0.2) is 59.8 Å². The molecular weight excluding hydrogens is 360 g/mol. The number of Topliss-reactive ketones (excluding diaryl/α,β-unsaturated/α-hetero) is 1. The Balaban J connectivity index is 1.99. The summed E-state index contributed by atoms with van der Waals surface area (Å²) in [6.45, 7) is 1.85. The van der Waals surface area contributed by atoms with Crippen LogP contribution in [0.25, 0.3) is 0 Å². The quantitative estimate of drug-likeness (QED) is 0.773. The zero-order valence-electron chi connectivity index (χ0n) is 15.2. The molecule has 1 aliphatic carbocycles. The molecule has 1 aliphatic heterocycles. The van der Waals surface area contributed by atoms with E-state index in [-0.39, 0.29) is 11.7 Å². The summed E-state index contributed by atoms with van der Waals surface area (Å²) in [5.74, 6) is 0.0849. The molecule has 1 atom stereocenters. The zero-order valence-corrected chi connectivity index (χ0v) is 15.9. The number of benzene rings is 2. The second-order valence-electron chi connectivity index (χ2n) is 6.88. The van der Waals surface area contributed by atoms with E-state index in [1.807, 2.05) is 55.5 Å². The molecule has 0 saturated heterocycles. The molecule has 1 unspecified atom stereocenters. The molecule has 1 amide bonds. The number of halogens is 1. The molecule has 0 aromatic heterocycles. The van der Waals surface area contributed by atoms with Crippen LogP contribution in [0.4, 0.5) is 11.4 Å². The van der Waals surface area contributed by atoms with Gasteiger partial charge in [-0.1, -0.05) is 42.8 Å². The number of carbonyl (C=O) groups excluding carboxylic acids is 2. The van der Waals surface area contributed by atoms with Gasteiger partial charge < -0.3 is 5.32 Å². The Labute approximate surface area is 163 Å². The van der Waals surface area contributed by atoms with Crippen LogP contribution in [0.5, 0.6) is 0 Å². The van der Waals surface area contributed by atoms with Crippen molar-refractivity contribution >= 4 is 34.7 Å². The Bertz CT molecular complexity index is 934. The molecule has 4 rings (SSSR count). The van der Waals surface area contributed by atoms with Crippen molar-refractivity contribution in [1.82, 2.24) is 0 Å². The van der Waals surface area contributed by atoms with Crippen LogP contribution in [0.2, 0.25) is 5.02 Å². The van der Waals surface area contributed by atoms with Gasteiger partial charge in [-0.3, -0.25) is 14.5 Å². The first-order valence-electron chi connectivity index (χ1n) is 9.30. The molecule has 2 aromatic rings. The Kier molecular flexibility index (Phi) is 4.75. The summed E-state index contributed by atoms with van der Waals surface area (Å²) in [4.78, 5) is 27.8. The van der Waals surface area contributed by atoms with E-state index in [1.54, 1.807) is 4.90 Å². The smallest absolute Gasteiger partial charge is 0.227 e. The third kappa shape index (κ3) is 3.15. The van der Waals surface area contributed by atoms with E-state index in [4.69, 9.17) is 11.6 Å². The van der Waals surface area contributed by atoms with Crippen molar-refractivity contribution < 1.29 is 9.59 Å². The normalized spacial score (nSPS) is 19.1. The average molecular weight is 381 g/mol. The number of hydrogen-bond acceptors (Lipinski definition) is 3. The van der Waals surface area contributed by atoms with Crippen LogP contribution in [-0.2, 0) is 9.59 Å². The number of carbonyl (C=O) groups is 2. The van der Waals surface area contributed by atoms with Crippen LogP contribution in [0.1, 0.15) is 44.2 Å². The van der Waals surface area contributed by atoms with E-state index in [2.05, 4.69) is 5.32 Å². The van der Waals surface area contributed by atoms with E-state index >= 15 is 0 Å². The van der Waals surface area contributed by atoms with E-state index in [0.29, 0.717) is 23.4 Å². The Hall–Kier alpha value is -2.59. The van der Waals surface area contributed by atoms with Gasteiger partial charge in [0.25, 0.3) is 0 Å². The fraction of sp³-hybridized carbons (Fsp3) is 0.273. The lowest BCUT2D eigenvalue weighted by atomic mass is 9.85. The summed E-state index contributed by atoms with van der Waals surface area (Å²) in [5.41, 5.74) is 4.17. The number of rotatable bonds is 2. The minimum atomic E-state index is -0.450. The van der Waals surface area contributed by atoms with E-state index < -0.39 is 6.04 Å². The van der Waals surface area contributed by atoms with Gasteiger partial charge in [0.2, 0.25) is 5.91 Å². The van der Waals surface area contributed by atoms with Crippen molar-refractivity contribution in [1.29, 1.82) is 0 Å². The fourth-order valence-corrected chi connectivity index (χ4v) is 4.07. The van der Waals surface area contributed by atoms with Gasteiger partial charge in [-0.2, -0.15) is 0 Å². The lowest BCUT2D eigenvalue weighted by Gasteiger charge is -2.33. The van der Waals surface area contributed by atoms with Gasteiger partial charge in [-0.15, -0.1) is 0 Å². The average Bonchev–Trinajstić information content (AvgIpc) is 2.83. The molecule has 0 saturated carbocycles. The maximum absolute atomic E-state index is 13.1. The molecule has 2 aliphatic rings. The van der Waals surface area contributed by atoms with E-state index in [9.17, 15) is 9.59 Å². The van der Waals surface area contributed by atoms with E-state index in [0.717, 1.165) is 35.5 Å². The van der Waals surface area contributed by atoms with Crippen LogP contribution >= 0.6 is 11.6 Å². The molecule has 0 spiro atoms. The molecule has 1 heterocycles. The summed E-state index contributed by atoms with van der Waals surface area (Å²) in [7, 11) is 0. The largest absolute Gasteiger partial charge is 0.357 e. The number of para-hydroxylation sites is 2. The number of nitrogens with zero attached hydrogens (tertiary/aromatic N) is 1. The molecule has 5 heteroatoms. The molecule has 4 nitrogen and oxygen atoms in total. The molecular formula is C22H21ClN2O2. The zero-order chi connectivity index (χ0) is 19.0. The topological polar surface area (TPSA) is 49.4 Å². The fourth-order valence-electron chi connectivity index (χ4n) is 3.94.